The lowest BCUT2D eigenvalue weighted by atomic mass is 10.1. The SMILES string of the molecule is CCC(O)CNC(=O)c1cc(C(=O)NCC(O)CO)cc([N+](=O)[O-])c1. The number of nitrogens with zero attached hydrogens (tertiary/aromatic N) is 1. The van der Waals surface area contributed by atoms with Gasteiger partial charge in [-0.2, -0.15) is 0 Å². The van der Waals surface area contributed by atoms with Crippen LogP contribution in [-0.2, 0) is 0 Å². The lowest BCUT2D eigenvalue weighted by Gasteiger charge is -2.11. The second-order valence-corrected chi connectivity index (χ2v) is 5.34. The van der Waals surface area contributed by atoms with Gasteiger partial charge in [-0.3, -0.25) is 19.7 Å². The van der Waals surface area contributed by atoms with E-state index in [4.69, 9.17) is 5.11 Å². The molecule has 5 N–H and O–H groups in total. The first kappa shape index (κ1) is 20.5. The zero-order chi connectivity index (χ0) is 19.0. The first-order valence-electron chi connectivity index (χ1n) is 7.61. The number of nitrogens with one attached hydrogen (secondary N) is 2. The van der Waals surface area contributed by atoms with Crippen LogP contribution in [0.2, 0.25) is 0 Å². The number of non-ortho nitro benzene ring substituents is 1. The van der Waals surface area contributed by atoms with Gasteiger partial charge in [0, 0.05) is 36.3 Å². The van der Waals surface area contributed by atoms with E-state index in [1.807, 2.05) is 0 Å². The average Bonchev–Trinajstić information content (AvgIpc) is 2.62. The van der Waals surface area contributed by atoms with Gasteiger partial charge in [-0.1, -0.05) is 6.92 Å². The van der Waals surface area contributed by atoms with Crippen LogP contribution in [-0.4, -0.2) is 64.0 Å². The zero-order valence-corrected chi connectivity index (χ0v) is 13.6. The number of nitro groups is 1. The molecule has 10 heteroatoms. The van der Waals surface area contributed by atoms with Crippen LogP contribution < -0.4 is 10.6 Å². The predicted molar refractivity (Wildman–Crippen MR) is 87.2 cm³/mol. The van der Waals surface area contributed by atoms with Gasteiger partial charge < -0.3 is 26.0 Å². The molecule has 1 aromatic carbocycles. The van der Waals surface area contributed by atoms with Crippen LogP contribution in [0.15, 0.2) is 18.2 Å². The molecule has 2 atom stereocenters. The highest BCUT2D eigenvalue weighted by atomic mass is 16.6. The van der Waals surface area contributed by atoms with Gasteiger partial charge in [-0.15, -0.1) is 0 Å². The number of carbonyl (C=O) groups is 2. The van der Waals surface area contributed by atoms with E-state index in [0.29, 0.717) is 6.42 Å². The van der Waals surface area contributed by atoms with E-state index in [0.717, 1.165) is 12.1 Å². The molecule has 2 unspecified atom stereocenters. The van der Waals surface area contributed by atoms with Crippen LogP contribution in [0.25, 0.3) is 0 Å². The van der Waals surface area contributed by atoms with Gasteiger partial charge in [-0.25, -0.2) is 0 Å². The third-order valence-electron chi connectivity index (χ3n) is 3.33. The van der Waals surface area contributed by atoms with E-state index < -0.39 is 41.2 Å². The van der Waals surface area contributed by atoms with Crippen molar-refractivity contribution in [2.75, 3.05) is 19.7 Å². The maximum absolute atomic E-state index is 12.1. The Morgan fingerprint density at radius 1 is 1.08 bits per heavy atom. The van der Waals surface area contributed by atoms with Gasteiger partial charge in [0.1, 0.15) is 0 Å². The minimum Gasteiger partial charge on any atom is -0.394 e. The number of hydrogen-bond acceptors (Lipinski definition) is 7. The number of nitro benzene ring substituents is 1. The molecule has 138 valence electrons. The van der Waals surface area contributed by atoms with E-state index in [1.165, 1.54) is 6.07 Å². The van der Waals surface area contributed by atoms with E-state index in [2.05, 4.69) is 10.6 Å². The molecule has 0 aliphatic heterocycles. The molecule has 0 heterocycles. The highest BCUT2D eigenvalue weighted by molar-refractivity contribution is 6.00. The molecular weight excluding hydrogens is 334 g/mol. The van der Waals surface area contributed by atoms with Crippen LogP contribution in [0.5, 0.6) is 0 Å². The zero-order valence-electron chi connectivity index (χ0n) is 13.6. The van der Waals surface area contributed by atoms with E-state index >= 15 is 0 Å². The van der Waals surface area contributed by atoms with Crippen LogP contribution in [0.4, 0.5) is 5.69 Å². The highest BCUT2D eigenvalue weighted by Gasteiger charge is 2.18. The maximum atomic E-state index is 12.1. The Bertz CT molecular complexity index is 591. The number of carbonyl (C=O) groups excluding carboxylic acids is 2. The van der Waals surface area contributed by atoms with E-state index in [-0.39, 0.29) is 24.2 Å². The topological polar surface area (TPSA) is 162 Å². The van der Waals surface area contributed by atoms with Crippen LogP contribution in [0, 0.1) is 10.1 Å². The molecule has 0 radical (unpaired) electrons. The summed E-state index contributed by atoms with van der Waals surface area (Å²) in [6.07, 6.45) is -1.48. The first-order chi connectivity index (χ1) is 11.8. The highest BCUT2D eigenvalue weighted by Crippen LogP contribution is 2.17. The standard InChI is InChI=1S/C15H21N3O7/c1-2-12(20)6-16-14(22)9-3-10(5-11(4-9)18(24)25)15(23)17-7-13(21)8-19/h3-5,12-13,19-21H,2,6-8H2,1H3,(H,16,22)(H,17,23). The fraction of sp³-hybridized carbons (Fsp3) is 0.467. The molecule has 1 rings (SSSR count). The largest absolute Gasteiger partial charge is 0.394 e. The smallest absolute Gasteiger partial charge is 0.271 e. The number of hydrogen-bond donors (Lipinski definition) is 5. The van der Waals surface area contributed by atoms with Crippen molar-refractivity contribution >= 4 is 17.5 Å². The fourth-order valence-corrected chi connectivity index (χ4v) is 1.81. The Hall–Kier alpha value is -2.56. The monoisotopic (exact) mass is 355 g/mol. The van der Waals surface area contributed by atoms with Crippen molar-refractivity contribution in [3.63, 3.8) is 0 Å². The fourth-order valence-electron chi connectivity index (χ4n) is 1.81. The lowest BCUT2D eigenvalue weighted by molar-refractivity contribution is -0.384. The summed E-state index contributed by atoms with van der Waals surface area (Å²) >= 11 is 0. The minimum atomic E-state index is -1.17. The summed E-state index contributed by atoms with van der Waals surface area (Å²) in [5.74, 6) is -1.40. The Labute approximate surface area is 143 Å². The van der Waals surface area contributed by atoms with Crippen molar-refractivity contribution in [3.8, 4) is 0 Å². The van der Waals surface area contributed by atoms with Crippen LogP contribution in [0.1, 0.15) is 34.1 Å². The quantitative estimate of drug-likeness (QED) is 0.285. The van der Waals surface area contributed by atoms with E-state index in [1.54, 1.807) is 6.92 Å². The second-order valence-electron chi connectivity index (χ2n) is 5.34. The molecule has 1 aromatic rings. The molecule has 10 nitrogen and oxygen atoms in total. The average molecular weight is 355 g/mol. The Balaban J connectivity index is 2.98. The molecule has 0 aromatic heterocycles. The van der Waals surface area contributed by atoms with Gasteiger partial charge in [0.2, 0.25) is 0 Å². The molecule has 0 saturated heterocycles. The summed E-state index contributed by atoms with van der Waals surface area (Å²) in [5, 5.41) is 43.1. The molecule has 0 bridgehead atoms. The molecular formula is C15H21N3O7. The normalized spacial score (nSPS) is 13.0. The summed E-state index contributed by atoms with van der Waals surface area (Å²) in [7, 11) is 0. The van der Waals surface area contributed by atoms with Crippen molar-refractivity contribution in [2.24, 2.45) is 0 Å². The van der Waals surface area contributed by atoms with Gasteiger partial charge in [0.05, 0.1) is 23.7 Å². The van der Waals surface area contributed by atoms with Gasteiger partial charge in [0.15, 0.2) is 0 Å². The molecule has 2 amide bonds. The number of rotatable bonds is 9. The predicted octanol–water partition coefficient (Wildman–Crippen LogP) is -0.821. The molecule has 0 saturated carbocycles. The third kappa shape index (κ3) is 6.45. The van der Waals surface area contributed by atoms with Gasteiger partial charge in [0.25, 0.3) is 17.5 Å². The summed E-state index contributed by atoms with van der Waals surface area (Å²) in [5.41, 5.74) is -0.692. The maximum Gasteiger partial charge on any atom is 0.271 e. The minimum absolute atomic E-state index is 0.0255. The van der Waals surface area contributed by atoms with Gasteiger partial charge in [-0.05, 0) is 12.5 Å². The number of amides is 2. The number of benzene rings is 1. The first-order valence-corrected chi connectivity index (χ1v) is 7.61. The summed E-state index contributed by atoms with van der Waals surface area (Å²) in [6, 6.07) is 3.19. The Morgan fingerprint density at radius 3 is 1.96 bits per heavy atom. The van der Waals surface area contributed by atoms with Crippen molar-refractivity contribution in [3.05, 3.63) is 39.4 Å². The summed E-state index contributed by atoms with van der Waals surface area (Å²) in [6.45, 7) is 0.903. The molecule has 25 heavy (non-hydrogen) atoms. The van der Waals surface area contributed by atoms with Crippen LogP contribution >= 0.6 is 0 Å². The number of aliphatic hydroxyl groups excluding tert-OH is 3. The number of aliphatic hydroxyl groups is 3. The summed E-state index contributed by atoms with van der Waals surface area (Å²) in [4.78, 5) is 34.4. The molecule has 0 spiro atoms. The molecule has 0 aliphatic rings. The van der Waals surface area contributed by atoms with Crippen molar-refractivity contribution in [2.45, 2.75) is 25.6 Å². The van der Waals surface area contributed by atoms with Gasteiger partial charge >= 0.3 is 0 Å². The van der Waals surface area contributed by atoms with Crippen molar-refractivity contribution in [1.29, 1.82) is 0 Å². The molecule has 0 aliphatic carbocycles. The third-order valence-corrected chi connectivity index (χ3v) is 3.33. The van der Waals surface area contributed by atoms with Crippen molar-refractivity contribution in [1.82, 2.24) is 10.6 Å². The molecule has 0 fully saturated rings. The Kier molecular flexibility index (Phi) is 7.92. The second kappa shape index (κ2) is 9.67. The lowest BCUT2D eigenvalue weighted by Crippen LogP contribution is -2.34. The van der Waals surface area contributed by atoms with Crippen LogP contribution in [0.3, 0.4) is 0 Å². The van der Waals surface area contributed by atoms with Crippen molar-refractivity contribution < 1.29 is 29.8 Å². The van der Waals surface area contributed by atoms with E-state index in [9.17, 15) is 29.9 Å². The summed E-state index contributed by atoms with van der Waals surface area (Å²) < 4.78 is 0. The Morgan fingerprint density at radius 2 is 1.56 bits per heavy atom.